The van der Waals surface area contributed by atoms with E-state index in [4.69, 9.17) is 0 Å². The number of carbonyl (C=O) groups excluding carboxylic acids is 1. The number of H-pyrrole nitrogens is 1. The Hall–Kier alpha value is -2.87. The zero-order valence-electron chi connectivity index (χ0n) is 15.4. The number of carbonyl (C=O) groups is 1. The van der Waals surface area contributed by atoms with Gasteiger partial charge in [-0.05, 0) is 54.8 Å². The van der Waals surface area contributed by atoms with Crippen molar-refractivity contribution in [2.24, 2.45) is 5.92 Å². The van der Waals surface area contributed by atoms with E-state index in [2.05, 4.69) is 20.6 Å². The Kier molecular flexibility index (Phi) is 3.90. The van der Waals surface area contributed by atoms with Crippen molar-refractivity contribution in [2.75, 3.05) is 11.6 Å². The smallest absolute Gasteiger partial charge is 0.228 e. The Balaban J connectivity index is 1.62. The molecule has 6 nitrogen and oxygen atoms in total. The summed E-state index contributed by atoms with van der Waals surface area (Å²) in [4.78, 5) is 12.6. The molecular formula is C20H18FN5OS. The lowest BCUT2D eigenvalue weighted by Gasteiger charge is -2.12. The van der Waals surface area contributed by atoms with Gasteiger partial charge in [0.25, 0.3) is 0 Å². The molecule has 1 aromatic carbocycles. The zero-order chi connectivity index (χ0) is 19.4. The van der Waals surface area contributed by atoms with Crippen LogP contribution in [0.15, 0.2) is 35.5 Å². The molecule has 3 aromatic heterocycles. The maximum Gasteiger partial charge on any atom is 0.228 e. The Morgan fingerprint density at radius 3 is 2.96 bits per heavy atom. The quantitative estimate of drug-likeness (QED) is 0.503. The maximum atomic E-state index is 15.0. The van der Waals surface area contributed by atoms with Gasteiger partial charge < -0.3 is 5.32 Å². The molecule has 4 aromatic rings. The topological polar surface area (TPSA) is 75.1 Å². The van der Waals surface area contributed by atoms with E-state index in [9.17, 15) is 9.18 Å². The summed E-state index contributed by atoms with van der Waals surface area (Å²) in [6.45, 7) is 1.79. The summed E-state index contributed by atoms with van der Waals surface area (Å²) in [5.74, 6) is 0.442. The Morgan fingerprint density at radius 1 is 1.39 bits per heavy atom. The second-order valence-electron chi connectivity index (χ2n) is 7.08. The normalized spacial score (nSPS) is 14.1. The molecule has 0 unspecified atom stereocenters. The number of rotatable bonds is 4. The average molecular weight is 395 g/mol. The fraction of sp³-hybridized carbons (Fsp3) is 0.250. The molecule has 0 radical (unpaired) electrons. The number of halogens is 1. The molecule has 0 spiro atoms. The van der Waals surface area contributed by atoms with Crippen molar-refractivity contribution in [1.29, 1.82) is 0 Å². The van der Waals surface area contributed by atoms with Crippen LogP contribution in [-0.2, 0) is 4.79 Å². The van der Waals surface area contributed by atoms with Crippen molar-refractivity contribution in [2.45, 2.75) is 24.7 Å². The highest BCUT2D eigenvalue weighted by Crippen LogP contribution is 2.39. The summed E-state index contributed by atoms with van der Waals surface area (Å²) in [6, 6.07) is 5.69. The number of aromatic nitrogens is 4. The number of anilines is 1. The van der Waals surface area contributed by atoms with Gasteiger partial charge in [-0.1, -0.05) is 0 Å². The second-order valence-corrected chi connectivity index (χ2v) is 7.90. The van der Waals surface area contributed by atoms with Crippen LogP contribution in [0.25, 0.3) is 27.5 Å². The van der Waals surface area contributed by atoms with E-state index in [-0.39, 0.29) is 17.6 Å². The number of hydrogen-bond donors (Lipinski definition) is 2. The molecule has 1 aliphatic carbocycles. The van der Waals surface area contributed by atoms with Crippen LogP contribution in [0.2, 0.25) is 0 Å². The zero-order valence-corrected chi connectivity index (χ0v) is 16.2. The van der Waals surface area contributed by atoms with Crippen molar-refractivity contribution in [3.05, 3.63) is 42.0 Å². The second kappa shape index (κ2) is 6.34. The molecule has 2 N–H and O–H groups in total. The molecule has 0 atom stereocenters. The van der Waals surface area contributed by atoms with Gasteiger partial charge in [-0.2, -0.15) is 10.2 Å². The summed E-state index contributed by atoms with van der Waals surface area (Å²) >= 11 is 1.37. The van der Waals surface area contributed by atoms with Crippen LogP contribution in [0, 0.1) is 18.7 Å². The number of nitrogens with zero attached hydrogens (tertiary/aromatic N) is 3. The van der Waals surface area contributed by atoms with Gasteiger partial charge in [-0.3, -0.25) is 9.89 Å². The van der Waals surface area contributed by atoms with Crippen molar-refractivity contribution in [3.63, 3.8) is 0 Å². The minimum absolute atomic E-state index is 0.0225. The Morgan fingerprint density at radius 2 is 2.21 bits per heavy atom. The first-order valence-corrected chi connectivity index (χ1v) is 10.3. The highest BCUT2D eigenvalue weighted by atomic mass is 32.2. The molecule has 1 amide bonds. The molecule has 8 heteroatoms. The van der Waals surface area contributed by atoms with Crippen LogP contribution in [0.4, 0.5) is 10.2 Å². The van der Waals surface area contributed by atoms with Gasteiger partial charge >= 0.3 is 0 Å². The van der Waals surface area contributed by atoms with Crippen LogP contribution in [-0.4, -0.2) is 32.0 Å². The summed E-state index contributed by atoms with van der Waals surface area (Å²) in [5, 5.41) is 15.2. The molecular weight excluding hydrogens is 377 g/mol. The highest BCUT2D eigenvalue weighted by Gasteiger charge is 2.30. The third-order valence-electron chi connectivity index (χ3n) is 5.19. The van der Waals surface area contributed by atoms with Gasteiger partial charge in [-0.25, -0.2) is 8.91 Å². The standard InChI is InChI=1S/C20H18FN5OS/c1-10-16(14-9-22-24-18(14)19(28-2)17(10)21)12-5-6-26-13(7-12)8-15(25-26)23-20(27)11-3-4-11/h5-9,11H,3-4H2,1-2H3,(H,22,24)(H,23,25,27). The molecule has 1 aliphatic rings. The molecule has 0 saturated heterocycles. The first kappa shape index (κ1) is 17.2. The average Bonchev–Trinajstić information content (AvgIpc) is 3.31. The third-order valence-corrected chi connectivity index (χ3v) is 5.99. The molecule has 1 fully saturated rings. The third kappa shape index (κ3) is 2.67. The van der Waals surface area contributed by atoms with E-state index < -0.39 is 0 Å². The van der Waals surface area contributed by atoms with E-state index in [1.54, 1.807) is 17.6 Å². The van der Waals surface area contributed by atoms with Gasteiger partial charge in [0, 0.05) is 23.6 Å². The van der Waals surface area contributed by atoms with Crippen LogP contribution < -0.4 is 5.32 Å². The first-order valence-electron chi connectivity index (χ1n) is 9.06. The number of aromatic amines is 1. The first-order chi connectivity index (χ1) is 13.6. The molecule has 0 aliphatic heterocycles. The van der Waals surface area contributed by atoms with Gasteiger partial charge in [0.05, 0.1) is 22.1 Å². The molecule has 1 saturated carbocycles. The van der Waals surface area contributed by atoms with Gasteiger partial charge in [0.2, 0.25) is 5.91 Å². The van der Waals surface area contributed by atoms with E-state index in [0.29, 0.717) is 21.8 Å². The van der Waals surface area contributed by atoms with Crippen molar-refractivity contribution in [1.82, 2.24) is 19.8 Å². The number of thioether (sulfide) groups is 1. The van der Waals surface area contributed by atoms with E-state index in [0.717, 1.165) is 34.9 Å². The summed E-state index contributed by atoms with van der Waals surface area (Å²) in [6.07, 6.45) is 7.30. The molecule has 142 valence electrons. The summed E-state index contributed by atoms with van der Waals surface area (Å²) in [7, 11) is 0. The fourth-order valence-electron chi connectivity index (χ4n) is 3.59. The van der Waals surface area contributed by atoms with Crippen LogP contribution >= 0.6 is 11.8 Å². The van der Waals surface area contributed by atoms with Crippen molar-refractivity contribution in [3.8, 4) is 11.1 Å². The molecule has 0 bridgehead atoms. The van der Waals surface area contributed by atoms with E-state index in [1.807, 2.05) is 30.7 Å². The molecule has 5 rings (SSSR count). The van der Waals surface area contributed by atoms with Crippen molar-refractivity contribution >= 4 is 39.9 Å². The minimum Gasteiger partial charge on any atom is -0.309 e. The SMILES string of the molecule is CSc1c(F)c(C)c(-c2ccn3nc(NC(=O)C4CC4)cc3c2)c2cn[nH]c12. The Labute approximate surface area is 164 Å². The molecule has 3 heterocycles. The summed E-state index contributed by atoms with van der Waals surface area (Å²) < 4.78 is 16.7. The molecule has 28 heavy (non-hydrogen) atoms. The van der Waals surface area contributed by atoms with Gasteiger partial charge in [0.1, 0.15) is 5.82 Å². The fourth-order valence-corrected chi connectivity index (χ4v) is 4.28. The largest absolute Gasteiger partial charge is 0.309 e. The predicted octanol–water partition coefficient (Wildman–Crippen LogP) is 4.40. The number of nitrogens with one attached hydrogen (secondary N) is 2. The van der Waals surface area contributed by atoms with Crippen LogP contribution in [0.3, 0.4) is 0 Å². The summed E-state index contributed by atoms with van der Waals surface area (Å²) in [5.41, 5.74) is 3.81. The lowest BCUT2D eigenvalue weighted by Crippen LogP contribution is -2.13. The predicted molar refractivity (Wildman–Crippen MR) is 108 cm³/mol. The number of hydrogen-bond acceptors (Lipinski definition) is 4. The van der Waals surface area contributed by atoms with Crippen LogP contribution in [0.5, 0.6) is 0 Å². The van der Waals surface area contributed by atoms with Gasteiger partial charge in [-0.15, -0.1) is 11.8 Å². The monoisotopic (exact) mass is 395 g/mol. The van der Waals surface area contributed by atoms with Gasteiger partial charge in [0.15, 0.2) is 5.82 Å². The number of amides is 1. The Bertz CT molecular complexity index is 1240. The van der Waals surface area contributed by atoms with Crippen LogP contribution in [0.1, 0.15) is 18.4 Å². The minimum atomic E-state index is -0.231. The number of pyridine rings is 1. The lowest BCUT2D eigenvalue weighted by atomic mass is 9.97. The van der Waals surface area contributed by atoms with E-state index >= 15 is 0 Å². The van der Waals surface area contributed by atoms with Crippen molar-refractivity contribution < 1.29 is 9.18 Å². The number of fused-ring (bicyclic) bond motifs is 2. The lowest BCUT2D eigenvalue weighted by molar-refractivity contribution is -0.117. The van der Waals surface area contributed by atoms with E-state index in [1.165, 1.54) is 11.8 Å². The maximum absolute atomic E-state index is 15.0. The number of benzene rings is 1. The highest BCUT2D eigenvalue weighted by molar-refractivity contribution is 7.98.